The highest BCUT2D eigenvalue weighted by Gasteiger charge is 2.64. The summed E-state index contributed by atoms with van der Waals surface area (Å²) >= 11 is 0. The van der Waals surface area contributed by atoms with Crippen molar-refractivity contribution in [2.45, 2.75) is 19.5 Å². The zero-order valence-corrected chi connectivity index (χ0v) is 10.5. The maximum Gasteiger partial charge on any atom is 0.406 e. The van der Waals surface area contributed by atoms with Crippen molar-refractivity contribution in [2.24, 2.45) is 5.41 Å². The summed E-state index contributed by atoms with van der Waals surface area (Å²) in [5.41, 5.74) is -2.32. The quantitative estimate of drug-likeness (QED) is 0.857. The number of carbonyl (C=O) groups excluding carboxylic acids is 1. The van der Waals surface area contributed by atoms with Crippen LogP contribution in [0.1, 0.15) is 22.5 Å². The normalized spacial score (nSPS) is 23.1. The number of hydrogen-bond acceptors (Lipinski definition) is 3. The summed E-state index contributed by atoms with van der Waals surface area (Å²) in [7, 11) is 0. The van der Waals surface area contributed by atoms with Crippen LogP contribution < -0.4 is 0 Å². The Kier molecular flexibility index (Phi) is 3.23. The van der Waals surface area contributed by atoms with E-state index < -0.39 is 36.4 Å². The van der Waals surface area contributed by atoms with Gasteiger partial charge in [0.05, 0.1) is 6.20 Å². The standard InChI is InChI=1S/C11H12F3N3O3/c1-6-4-15-16-7(6)8(18)17-3-2-10(5-17,9(19)20)11(12,13)14/h4H,2-3,5H2,1H3,(H,15,16)(H,19,20). The Bertz CT molecular complexity index is 555. The first-order chi connectivity index (χ1) is 9.19. The zero-order valence-electron chi connectivity index (χ0n) is 10.5. The van der Waals surface area contributed by atoms with Gasteiger partial charge in [0.25, 0.3) is 5.91 Å². The Hall–Kier alpha value is -2.06. The van der Waals surface area contributed by atoms with Crippen LogP contribution >= 0.6 is 0 Å². The molecule has 0 saturated carbocycles. The number of carboxylic acids is 1. The van der Waals surface area contributed by atoms with Gasteiger partial charge in [-0.3, -0.25) is 14.7 Å². The van der Waals surface area contributed by atoms with Crippen LogP contribution in [0.25, 0.3) is 0 Å². The lowest BCUT2D eigenvalue weighted by Gasteiger charge is -2.27. The van der Waals surface area contributed by atoms with E-state index in [1.165, 1.54) is 6.20 Å². The molecule has 1 aliphatic heterocycles. The number of carboxylic acid groups (broad SMARTS) is 1. The second kappa shape index (κ2) is 4.50. The van der Waals surface area contributed by atoms with Crippen molar-refractivity contribution < 1.29 is 27.9 Å². The largest absolute Gasteiger partial charge is 0.481 e. The number of aromatic amines is 1. The van der Waals surface area contributed by atoms with E-state index in [1.807, 2.05) is 0 Å². The number of amides is 1. The van der Waals surface area contributed by atoms with E-state index in [1.54, 1.807) is 6.92 Å². The number of H-pyrrole nitrogens is 1. The van der Waals surface area contributed by atoms with Crippen molar-refractivity contribution in [1.29, 1.82) is 0 Å². The molecular formula is C11H12F3N3O3. The van der Waals surface area contributed by atoms with Crippen molar-refractivity contribution in [3.8, 4) is 0 Å². The van der Waals surface area contributed by atoms with Crippen LogP contribution in [0.3, 0.4) is 0 Å². The fraction of sp³-hybridized carbons (Fsp3) is 0.545. The van der Waals surface area contributed by atoms with E-state index in [4.69, 9.17) is 5.11 Å². The topological polar surface area (TPSA) is 86.3 Å². The third kappa shape index (κ3) is 2.02. The lowest BCUT2D eigenvalue weighted by atomic mass is 9.86. The molecule has 1 aromatic heterocycles. The van der Waals surface area contributed by atoms with E-state index in [-0.39, 0.29) is 12.2 Å². The molecule has 6 nitrogen and oxygen atoms in total. The number of aromatic nitrogens is 2. The number of nitrogens with one attached hydrogen (secondary N) is 1. The minimum Gasteiger partial charge on any atom is -0.481 e. The van der Waals surface area contributed by atoms with Gasteiger partial charge >= 0.3 is 12.1 Å². The Morgan fingerprint density at radius 2 is 2.15 bits per heavy atom. The number of aryl methyl sites for hydroxylation is 1. The molecule has 0 bridgehead atoms. The molecule has 1 fully saturated rings. The third-order valence-electron chi connectivity index (χ3n) is 3.55. The first-order valence-electron chi connectivity index (χ1n) is 5.78. The smallest absolute Gasteiger partial charge is 0.406 e. The molecule has 0 spiro atoms. The fourth-order valence-corrected chi connectivity index (χ4v) is 2.23. The maximum atomic E-state index is 13.0. The molecule has 1 unspecified atom stereocenters. The van der Waals surface area contributed by atoms with Crippen LogP contribution in [-0.4, -0.2) is 51.3 Å². The SMILES string of the molecule is Cc1cn[nH]c1C(=O)N1CCC(C(=O)O)(C(F)(F)F)C1. The fourth-order valence-electron chi connectivity index (χ4n) is 2.23. The molecule has 1 aromatic rings. The summed E-state index contributed by atoms with van der Waals surface area (Å²) in [6.45, 7) is 0.438. The molecule has 2 rings (SSSR count). The van der Waals surface area contributed by atoms with Crippen LogP contribution in [0.2, 0.25) is 0 Å². The van der Waals surface area contributed by atoms with Crippen molar-refractivity contribution in [1.82, 2.24) is 15.1 Å². The highest BCUT2D eigenvalue weighted by molar-refractivity contribution is 5.94. The number of likely N-dealkylation sites (tertiary alicyclic amines) is 1. The second-order valence-corrected chi connectivity index (χ2v) is 4.79. The minimum absolute atomic E-state index is 0.0772. The van der Waals surface area contributed by atoms with Crippen molar-refractivity contribution in [2.75, 3.05) is 13.1 Å². The molecule has 1 atom stereocenters. The highest BCUT2D eigenvalue weighted by atomic mass is 19.4. The molecule has 20 heavy (non-hydrogen) atoms. The van der Waals surface area contributed by atoms with Gasteiger partial charge in [0, 0.05) is 13.1 Å². The van der Waals surface area contributed by atoms with E-state index in [9.17, 15) is 22.8 Å². The van der Waals surface area contributed by atoms with Gasteiger partial charge in [-0.1, -0.05) is 0 Å². The van der Waals surface area contributed by atoms with Crippen LogP contribution in [0.15, 0.2) is 6.20 Å². The van der Waals surface area contributed by atoms with Crippen LogP contribution in [0.5, 0.6) is 0 Å². The van der Waals surface area contributed by atoms with Gasteiger partial charge in [-0.2, -0.15) is 18.3 Å². The number of halogens is 3. The number of rotatable bonds is 2. The number of carbonyl (C=O) groups is 2. The molecule has 0 aliphatic carbocycles. The van der Waals surface area contributed by atoms with E-state index in [0.29, 0.717) is 5.56 Å². The molecule has 2 N–H and O–H groups in total. The van der Waals surface area contributed by atoms with Crippen molar-refractivity contribution in [3.63, 3.8) is 0 Å². The summed E-state index contributed by atoms with van der Waals surface area (Å²) in [6, 6.07) is 0. The van der Waals surface area contributed by atoms with Gasteiger partial charge in [-0.25, -0.2) is 0 Å². The van der Waals surface area contributed by atoms with Gasteiger partial charge in [-0.15, -0.1) is 0 Å². The lowest BCUT2D eigenvalue weighted by molar-refractivity contribution is -0.227. The monoisotopic (exact) mass is 291 g/mol. The lowest BCUT2D eigenvalue weighted by Crippen LogP contribution is -2.47. The van der Waals surface area contributed by atoms with Crippen LogP contribution in [-0.2, 0) is 4.79 Å². The maximum absolute atomic E-state index is 13.0. The summed E-state index contributed by atoms with van der Waals surface area (Å²) in [5.74, 6) is -2.63. The van der Waals surface area contributed by atoms with Crippen molar-refractivity contribution in [3.05, 3.63) is 17.5 Å². The Morgan fingerprint density at radius 3 is 2.55 bits per heavy atom. The van der Waals surface area contributed by atoms with E-state index in [0.717, 1.165) is 4.90 Å². The predicted molar refractivity (Wildman–Crippen MR) is 60.0 cm³/mol. The molecule has 0 radical (unpaired) electrons. The molecule has 9 heteroatoms. The summed E-state index contributed by atoms with van der Waals surface area (Å²) in [4.78, 5) is 24.0. The molecule has 110 valence electrons. The molecule has 1 aliphatic rings. The molecule has 2 heterocycles. The Morgan fingerprint density at radius 1 is 1.50 bits per heavy atom. The van der Waals surface area contributed by atoms with Gasteiger partial charge in [0.1, 0.15) is 5.69 Å². The van der Waals surface area contributed by atoms with Crippen LogP contribution in [0.4, 0.5) is 13.2 Å². The Balaban J connectivity index is 2.26. The Labute approximate surface area is 111 Å². The van der Waals surface area contributed by atoms with Gasteiger partial charge in [0.2, 0.25) is 0 Å². The number of aliphatic carboxylic acids is 1. The first-order valence-corrected chi connectivity index (χ1v) is 5.78. The highest BCUT2D eigenvalue weighted by Crippen LogP contribution is 2.45. The number of hydrogen-bond donors (Lipinski definition) is 2. The predicted octanol–water partition coefficient (Wildman–Crippen LogP) is 1.20. The third-order valence-corrected chi connectivity index (χ3v) is 3.55. The van der Waals surface area contributed by atoms with Gasteiger partial charge < -0.3 is 10.0 Å². The van der Waals surface area contributed by atoms with Gasteiger partial charge in [0.15, 0.2) is 5.41 Å². The van der Waals surface area contributed by atoms with Gasteiger partial charge in [-0.05, 0) is 18.9 Å². The average Bonchev–Trinajstić information content (AvgIpc) is 2.93. The molecule has 0 aromatic carbocycles. The van der Waals surface area contributed by atoms with Crippen LogP contribution in [0, 0.1) is 12.3 Å². The summed E-state index contributed by atoms with van der Waals surface area (Å²) in [6.07, 6.45) is -4.18. The summed E-state index contributed by atoms with van der Waals surface area (Å²) < 4.78 is 39.0. The van der Waals surface area contributed by atoms with E-state index >= 15 is 0 Å². The molecule has 1 saturated heterocycles. The molecular weight excluding hydrogens is 279 g/mol. The number of alkyl halides is 3. The first kappa shape index (κ1) is 14.4. The minimum atomic E-state index is -4.91. The van der Waals surface area contributed by atoms with Crippen molar-refractivity contribution >= 4 is 11.9 Å². The second-order valence-electron chi connectivity index (χ2n) is 4.79. The van der Waals surface area contributed by atoms with E-state index in [2.05, 4.69) is 10.2 Å². The average molecular weight is 291 g/mol. The zero-order chi connectivity index (χ0) is 15.1. The summed E-state index contributed by atoms with van der Waals surface area (Å²) in [5, 5.41) is 14.9. The molecule has 1 amide bonds. The number of nitrogens with zero attached hydrogens (tertiary/aromatic N) is 2.